The highest BCUT2D eigenvalue weighted by atomic mass is 35.5. The molecule has 1 aliphatic heterocycles. The van der Waals surface area contributed by atoms with Gasteiger partial charge in [0.2, 0.25) is 5.91 Å². The lowest BCUT2D eigenvalue weighted by Gasteiger charge is -2.25. The Bertz CT molecular complexity index is 744. The maximum Gasteiger partial charge on any atom is 0.268 e. The highest BCUT2D eigenvalue weighted by molar-refractivity contribution is 6.31. The van der Waals surface area contributed by atoms with E-state index in [-0.39, 0.29) is 30.3 Å². The van der Waals surface area contributed by atoms with Crippen LogP contribution in [-0.4, -0.2) is 39.4 Å². The van der Waals surface area contributed by atoms with Gasteiger partial charge in [-0.15, -0.1) is 0 Å². The molecule has 2 atom stereocenters. The van der Waals surface area contributed by atoms with E-state index in [1.54, 1.807) is 48.2 Å². The van der Waals surface area contributed by atoms with Crippen molar-refractivity contribution in [3.8, 4) is 0 Å². The first-order chi connectivity index (χ1) is 11.0. The Morgan fingerprint density at radius 2 is 2.22 bits per heavy atom. The summed E-state index contributed by atoms with van der Waals surface area (Å²) in [5, 5.41) is 3.45. The number of aryl methyl sites for hydroxylation is 1. The minimum absolute atomic E-state index is 0.00549. The number of likely N-dealkylation sites (tertiary alicyclic amines) is 1. The van der Waals surface area contributed by atoms with Gasteiger partial charge in [-0.05, 0) is 17.7 Å². The number of likely N-dealkylation sites (N-methyl/N-ethyl adjacent to an activating group) is 1. The van der Waals surface area contributed by atoms with Gasteiger partial charge in [-0.1, -0.05) is 17.7 Å². The molecule has 0 spiro atoms. The lowest BCUT2D eigenvalue weighted by molar-refractivity contribution is -0.127. The van der Waals surface area contributed by atoms with E-state index in [0.29, 0.717) is 10.7 Å². The van der Waals surface area contributed by atoms with Gasteiger partial charge >= 0.3 is 0 Å². The molecule has 0 aliphatic carbocycles. The minimum Gasteiger partial charge on any atom is -0.345 e. The van der Waals surface area contributed by atoms with Crippen LogP contribution in [0.3, 0.4) is 0 Å². The van der Waals surface area contributed by atoms with E-state index in [4.69, 9.17) is 11.6 Å². The predicted octanol–water partition coefficient (Wildman–Crippen LogP) is 1.78. The molecular weight excluding hydrogens is 316 g/mol. The van der Waals surface area contributed by atoms with E-state index in [9.17, 15) is 9.59 Å². The Morgan fingerprint density at radius 3 is 2.83 bits per heavy atom. The molecule has 120 valence electrons. The quantitative estimate of drug-likeness (QED) is 0.931. The van der Waals surface area contributed by atoms with Crippen molar-refractivity contribution in [3.63, 3.8) is 0 Å². The van der Waals surface area contributed by atoms with Gasteiger partial charge in [0.05, 0.1) is 17.1 Å². The maximum atomic E-state index is 12.5. The summed E-state index contributed by atoms with van der Waals surface area (Å²) < 4.78 is 1.66. The Hall–Kier alpha value is -2.34. The Balaban J connectivity index is 1.84. The number of amides is 2. The monoisotopic (exact) mass is 332 g/mol. The van der Waals surface area contributed by atoms with Crippen LogP contribution in [0.5, 0.6) is 0 Å². The second-order valence-electron chi connectivity index (χ2n) is 5.67. The molecule has 1 aliphatic rings. The van der Waals surface area contributed by atoms with Crippen LogP contribution in [0.1, 0.15) is 28.5 Å². The van der Waals surface area contributed by atoms with Crippen molar-refractivity contribution >= 4 is 23.4 Å². The van der Waals surface area contributed by atoms with Gasteiger partial charge in [0.15, 0.2) is 0 Å². The fourth-order valence-electron chi connectivity index (χ4n) is 3.00. The first-order valence-electron chi connectivity index (χ1n) is 7.25. The number of rotatable bonds is 3. The van der Waals surface area contributed by atoms with E-state index in [0.717, 1.165) is 5.56 Å². The summed E-state index contributed by atoms with van der Waals surface area (Å²) in [4.78, 5) is 30.3. The van der Waals surface area contributed by atoms with Gasteiger partial charge in [0, 0.05) is 39.1 Å². The smallest absolute Gasteiger partial charge is 0.268 e. The first kappa shape index (κ1) is 15.6. The number of hydrogen-bond acceptors (Lipinski definition) is 3. The molecular formula is C16H17ClN4O2. The van der Waals surface area contributed by atoms with Crippen LogP contribution in [-0.2, 0) is 11.8 Å². The molecule has 0 saturated carbocycles. The maximum absolute atomic E-state index is 12.5. The van der Waals surface area contributed by atoms with E-state index in [1.807, 2.05) is 12.1 Å². The minimum atomic E-state index is -0.308. The van der Waals surface area contributed by atoms with Gasteiger partial charge in [0.1, 0.15) is 5.69 Å². The number of nitrogens with one attached hydrogen (secondary N) is 1. The van der Waals surface area contributed by atoms with Gasteiger partial charge < -0.3 is 14.8 Å². The first-order valence-corrected chi connectivity index (χ1v) is 7.63. The van der Waals surface area contributed by atoms with Crippen molar-refractivity contribution in [2.24, 2.45) is 7.05 Å². The molecule has 1 saturated heterocycles. The molecule has 7 heteroatoms. The van der Waals surface area contributed by atoms with E-state index in [2.05, 4.69) is 10.3 Å². The second kappa shape index (κ2) is 6.04. The van der Waals surface area contributed by atoms with Crippen molar-refractivity contribution in [2.45, 2.75) is 18.5 Å². The molecule has 0 bridgehead atoms. The normalized spacial score (nSPS) is 20.8. The van der Waals surface area contributed by atoms with Crippen molar-refractivity contribution in [3.05, 3.63) is 53.1 Å². The van der Waals surface area contributed by atoms with Gasteiger partial charge in [-0.3, -0.25) is 14.6 Å². The second-order valence-corrected chi connectivity index (χ2v) is 6.11. The third kappa shape index (κ3) is 2.94. The highest BCUT2D eigenvalue weighted by Gasteiger charge is 2.39. The van der Waals surface area contributed by atoms with Crippen LogP contribution in [0, 0.1) is 0 Å². The lowest BCUT2D eigenvalue weighted by atomic mass is 10.0. The summed E-state index contributed by atoms with van der Waals surface area (Å²) >= 11 is 5.93. The molecule has 23 heavy (non-hydrogen) atoms. The Labute approximate surface area is 139 Å². The van der Waals surface area contributed by atoms with Crippen LogP contribution in [0.2, 0.25) is 5.02 Å². The van der Waals surface area contributed by atoms with E-state index in [1.165, 1.54) is 0 Å². The summed E-state index contributed by atoms with van der Waals surface area (Å²) in [6.45, 7) is 0. The fourth-order valence-corrected chi connectivity index (χ4v) is 3.25. The number of nitrogens with zero attached hydrogens (tertiary/aromatic N) is 3. The number of carbonyl (C=O) groups is 2. The Morgan fingerprint density at radius 1 is 1.43 bits per heavy atom. The van der Waals surface area contributed by atoms with Crippen LogP contribution < -0.4 is 5.32 Å². The van der Waals surface area contributed by atoms with Crippen molar-refractivity contribution in [2.75, 3.05) is 7.05 Å². The lowest BCUT2D eigenvalue weighted by Crippen LogP contribution is -2.39. The third-order valence-corrected chi connectivity index (χ3v) is 4.34. The average molecular weight is 333 g/mol. The Kier molecular flexibility index (Phi) is 4.09. The fraction of sp³-hybridized carbons (Fsp3) is 0.312. The molecule has 0 aromatic carbocycles. The summed E-state index contributed by atoms with van der Waals surface area (Å²) in [5.74, 6) is -0.254. The molecule has 3 rings (SSSR count). The molecule has 0 unspecified atom stereocenters. The van der Waals surface area contributed by atoms with E-state index >= 15 is 0 Å². The summed E-state index contributed by atoms with van der Waals surface area (Å²) in [6.07, 6.45) is 5.33. The third-order valence-electron chi connectivity index (χ3n) is 4.13. The summed E-state index contributed by atoms with van der Waals surface area (Å²) in [5.41, 5.74) is 1.36. The number of pyridine rings is 1. The van der Waals surface area contributed by atoms with Crippen LogP contribution in [0.25, 0.3) is 0 Å². The number of aromatic nitrogens is 2. The standard InChI is InChI=1S/C16H17ClN4O2/c1-20-9-11(17)6-13(20)16(23)19-12-7-14(22)21(2)15(12)10-4-3-5-18-8-10/h3-6,8-9,12,15H,7H2,1-2H3,(H,19,23)/t12-,15+/m1/s1. The van der Waals surface area contributed by atoms with Crippen LogP contribution in [0.4, 0.5) is 0 Å². The summed E-state index contributed by atoms with van der Waals surface area (Å²) in [7, 11) is 3.50. The SMILES string of the molecule is CN1C(=O)C[C@@H](NC(=O)c2cc(Cl)cn2C)[C@@H]1c1cccnc1. The van der Waals surface area contributed by atoms with Gasteiger partial charge in [-0.25, -0.2) is 0 Å². The zero-order chi connectivity index (χ0) is 16.6. The van der Waals surface area contributed by atoms with Gasteiger partial charge in [0.25, 0.3) is 5.91 Å². The molecule has 6 nitrogen and oxygen atoms in total. The molecule has 2 aromatic heterocycles. The van der Waals surface area contributed by atoms with Crippen LogP contribution in [0.15, 0.2) is 36.8 Å². The van der Waals surface area contributed by atoms with Crippen molar-refractivity contribution in [1.82, 2.24) is 19.8 Å². The number of hydrogen-bond donors (Lipinski definition) is 1. The molecule has 3 heterocycles. The topological polar surface area (TPSA) is 67.2 Å². The van der Waals surface area contributed by atoms with E-state index < -0.39 is 0 Å². The predicted molar refractivity (Wildman–Crippen MR) is 86.0 cm³/mol. The highest BCUT2D eigenvalue weighted by Crippen LogP contribution is 2.31. The largest absolute Gasteiger partial charge is 0.345 e. The number of halogens is 1. The molecule has 1 N–H and O–H groups in total. The molecule has 2 aromatic rings. The zero-order valence-electron chi connectivity index (χ0n) is 12.9. The molecule has 1 fully saturated rings. The molecule has 0 radical (unpaired) electrons. The number of carbonyl (C=O) groups excluding carboxylic acids is 2. The molecule has 2 amide bonds. The average Bonchev–Trinajstić information content (AvgIpc) is 2.99. The summed E-state index contributed by atoms with van der Waals surface area (Å²) in [6, 6.07) is 4.80. The van der Waals surface area contributed by atoms with Crippen molar-refractivity contribution < 1.29 is 9.59 Å². The van der Waals surface area contributed by atoms with Crippen LogP contribution >= 0.6 is 11.6 Å². The van der Waals surface area contributed by atoms with Crippen molar-refractivity contribution in [1.29, 1.82) is 0 Å². The van der Waals surface area contributed by atoms with Gasteiger partial charge in [-0.2, -0.15) is 0 Å². The zero-order valence-corrected chi connectivity index (χ0v) is 13.6.